The minimum absolute atomic E-state index is 0.108. The second-order valence-electron chi connectivity index (χ2n) is 4.65. The van der Waals surface area contributed by atoms with Crippen LogP contribution in [0, 0.1) is 10.1 Å². The fourth-order valence-corrected chi connectivity index (χ4v) is 2.21. The number of nitro benzene ring substituents is 1. The first kappa shape index (κ1) is 14.2. The molecular formula is C14H18N4O2. The van der Waals surface area contributed by atoms with Crippen LogP contribution >= 0.6 is 0 Å². The van der Waals surface area contributed by atoms with Gasteiger partial charge in [0, 0.05) is 29.9 Å². The van der Waals surface area contributed by atoms with E-state index in [4.69, 9.17) is 0 Å². The summed E-state index contributed by atoms with van der Waals surface area (Å²) >= 11 is 0. The number of nitro groups is 1. The van der Waals surface area contributed by atoms with Gasteiger partial charge in [0.15, 0.2) is 0 Å². The second-order valence-corrected chi connectivity index (χ2v) is 4.65. The summed E-state index contributed by atoms with van der Waals surface area (Å²) in [6, 6.07) is 6.92. The van der Waals surface area contributed by atoms with E-state index in [1.54, 1.807) is 16.8 Å². The second kappa shape index (κ2) is 6.29. The Hall–Kier alpha value is -2.21. The van der Waals surface area contributed by atoms with Gasteiger partial charge in [-0.05, 0) is 19.0 Å². The van der Waals surface area contributed by atoms with Crippen LogP contribution in [0.4, 0.5) is 5.69 Å². The molecule has 2 aromatic rings. The minimum atomic E-state index is -0.383. The van der Waals surface area contributed by atoms with Gasteiger partial charge in [0.1, 0.15) is 0 Å². The monoisotopic (exact) mass is 274 g/mol. The van der Waals surface area contributed by atoms with Crippen LogP contribution in [0.3, 0.4) is 0 Å². The summed E-state index contributed by atoms with van der Waals surface area (Å²) in [5.74, 6) is 0. The summed E-state index contributed by atoms with van der Waals surface area (Å²) < 4.78 is 1.80. The number of benzene rings is 1. The molecule has 0 aliphatic heterocycles. The first-order chi connectivity index (χ1) is 9.63. The molecule has 0 saturated carbocycles. The van der Waals surface area contributed by atoms with Crippen molar-refractivity contribution in [3.05, 3.63) is 57.9 Å². The fraction of sp³-hybridized carbons (Fsp3) is 0.357. The van der Waals surface area contributed by atoms with Crippen LogP contribution in [0.15, 0.2) is 36.7 Å². The van der Waals surface area contributed by atoms with Gasteiger partial charge in [-0.25, -0.2) is 0 Å². The lowest BCUT2D eigenvalue weighted by atomic mass is 10.1. The van der Waals surface area contributed by atoms with E-state index in [9.17, 15) is 10.1 Å². The zero-order chi connectivity index (χ0) is 14.5. The molecule has 20 heavy (non-hydrogen) atoms. The maximum absolute atomic E-state index is 10.8. The molecule has 1 aromatic heterocycles. The normalized spacial score (nSPS) is 12.3. The Morgan fingerprint density at radius 1 is 1.50 bits per heavy atom. The van der Waals surface area contributed by atoms with Crippen molar-refractivity contribution in [3.63, 3.8) is 0 Å². The highest BCUT2D eigenvalue weighted by Gasteiger charge is 2.10. The lowest BCUT2D eigenvalue weighted by Crippen LogP contribution is -2.14. The van der Waals surface area contributed by atoms with Gasteiger partial charge in [-0.2, -0.15) is 5.10 Å². The molecule has 0 radical (unpaired) electrons. The molecule has 6 nitrogen and oxygen atoms in total. The van der Waals surface area contributed by atoms with Crippen LogP contribution in [0.5, 0.6) is 0 Å². The Kier molecular flexibility index (Phi) is 4.47. The third-order valence-corrected chi connectivity index (χ3v) is 3.28. The van der Waals surface area contributed by atoms with Crippen LogP contribution in [0.1, 0.15) is 30.5 Å². The Morgan fingerprint density at radius 2 is 2.30 bits per heavy atom. The van der Waals surface area contributed by atoms with E-state index in [1.807, 2.05) is 25.5 Å². The van der Waals surface area contributed by atoms with Crippen molar-refractivity contribution in [2.75, 3.05) is 7.05 Å². The number of nitrogens with one attached hydrogen (secondary N) is 1. The smallest absolute Gasteiger partial charge is 0.269 e. The number of hydrogen-bond donors (Lipinski definition) is 1. The zero-order valence-electron chi connectivity index (χ0n) is 11.6. The van der Waals surface area contributed by atoms with Gasteiger partial charge in [0.05, 0.1) is 17.7 Å². The molecule has 0 aliphatic carbocycles. The Morgan fingerprint density at radius 3 is 2.95 bits per heavy atom. The molecule has 1 atom stereocenters. The minimum Gasteiger partial charge on any atom is -0.313 e. The van der Waals surface area contributed by atoms with Gasteiger partial charge in [-0.15, -0.1) is 0 Å². The number of nitrogens with zero attached hydrogens (tertiary/aromatic N) is 3. The van der Waals surface area contributed by atoms with Crippen LogP contribution in [-0.2, 0) is 6.54 Å². The maximum atomic E-state index is 10.8. The Balaban J connectivity index is 2.14. The summed E-state index contributed by atoms with van der Waals surface area (Å²) in [6.07, 6.45) is 4.80. The predicted molar refractivity (Wildman–Crippen MR) is 76.5 cm³/mol. The van der Waals surface area contributed by atoms with Crippen molar-refractivity contribution in [3.8, 4) is 0 Å². The number of hydrogen-bond acceptors (Lipinski definition) is 4. The van der Waals surface area contributed by atoms with Crippen LogP contribution in [-0.4, -0.2) is 21.8 Å². The Labute approximate surface area is 117 Å². The molecule has 2 rings (SSSR count). The van der Waals surface area contributed by atoms with Gasteiger partial charge in [-0.1, -0.05) is 19.1 Å². The highest BCUT2D eigenvalue weighted by atomic mass is 16.6. The highest BCUT2D eigenvalue weighted by Crippen LogP contribution is 2.17. The largest absolute Gasteiger partial charge is 0.313 e. The number of non-ortho nitro benzene ring substituents is 1. The third kappa shape index (κ3) is 3.21. The number of aromatic nitrogens is 2. The van der Waals surface area contributed by atoms with Gasteiger partial charge >= 0.3 is 0 Å². The van der Waals surface area contributed by atoms with E-state index in [0.717, 1.165) is 17.5 Å². The fourth-order valence-electron chi connectivity index (χ4n) is 2.21. The van der Waals surface area contributed by atoms with E-state index >= 15 is 0 Å². The van der Waals surface area contributed by atoms with Crippen molar-refractivity contribution in [2.24, 2.45) is 0 Å². The first-order valence-corrected chi connectivity index (χ1v) is 6.57. The van der Waals surface area contributed by atoms with E-state index in [0.29, 0.717) is 6.54 Å². The molecule has 1 unspecified atom stereocenters. The molecule has 6 heteroatoms. The molecule has 0 amide bonds. The molecular weight excluding hydrogens is 256 g/mol. The van der Waals surface area contributed by atoms with Crippen molar-refractivity contribution in [1.29, 1.82) is 0 Å². The summed E-state index contributed by atoms with van der Waals surface area (Å²) in [5.41, 5.74) is 2.10. The number of rotatable bonds is 6. The van der Waals surface area contributed by atoms with E-state index in [2.05, 4.69) is 17.3 Å². The molecule has 106 valence electrons. The van der Waals surface area contributed by atoms with Crippen molar-refractivity contribution < 1.29 is 4.92 Å². The molecule has 0 saturated heterocycles. The zero-order valence-corrected chi connectivity index (χ0v) is 11.6. The Bertz CT molecular complexity index is 590. The third-order valence-electron chi connectivity index (χ3n) is 3.28. The lowest BCUT2D eigenvalue weighted by molar-refractivity contribution is -0.384. The molecule has 0 spiro atoms. The van der Waals surface area contributed by atoms with Crippen LogP contribution < -0.4 is 5.32 Å². The average Bonchev–Trinajstić information content (AvgIpc) is 2.89. The van der Waals surface area contributed by atoms with E-state index in [1.165, 1.54) is 6.07 Å². The highest BCUT2D eigenvalue weighted by molar-refractivity contribution is 5.34. The van der Waals surface area contributed by atoms with Crippen molar-refractivity contribution >= 4 is 5.69 Å². The molecule has 0 fully saturated rings. The van der Waals surface area contributed by atoms with Gasteiger partial charge in [0.25, 0.3) is 5.69 Å². The lowest BCUT2D eigenvalue weighted by Gasteiger charge is -2.10. The molecule has 0 bridgehead atoms. The predicted octanol–water partition coefficient (Wildman–Crippen LogP) is 2.51. The first-order valence-electron chi connectivity index (χ1n) is 6.57. The standard InChI is InChI=1S/C14H18N4O2/c1-3-14(15-2)12-8-16-17(10-12)9-11-5-4-6-13(7-11)18(19)20/h4-8,10,14-15H,3,9H2,1-2H3. The summed E-state index contributed by atoms with van der Waals surface area (Å²) in [5, 5.41) is 18.3. The van der Waals surface area contributed by atoms with E-state index < -0.39 is 0 Å². The van der Waals surface area contributed by atoms with Gasteiger partial charge in [0.2, 0.25) is 0 Å². The summed E-state index contributed by atoms with van der Waals surface area (Å²) in [6.45, 7) is 2.64. The van der Waals surface area contributed by atoms with Crippen molar-refractivity contribution in [1.82, 2.24) is 15.1 Å². The average molecular weight is 274 g/mol. The van der Waals surface area contributed by atoms with Crippen LogP contribution in [0.25, 0.3) is 0 Å². The topological polar surface area (TPSA) is 73.0 Å². The molecule has 1 heterocycles. The van der Waals surface area contributed by atoms with Gasteiger partial charge in [-0.3, -0.25) is 14.8 Å². The van der Waals surface area contributed by atoms with Gasteiger partial charge < -0.3 is 5.32 Å². The molecule has 1 aromatic carbocycles. The summed E-state index contributed by atoms with van der Waals surface area (Å²) in [7, 11) is 1.92. The quantitative estimate of drug-likeness (QED) is 0.649. The molecule has 0 aliphatic rings. The maximum Gasteiger partial charge on any atom is 0.269 e. The molecule has 1 N–H and O–H groups in total. The van der Waals surface area contributed by atoms with E-state index in [-0.39, 0.29) is 16.7 Å². The summed E-state index contributed by atoms with van der Waals surface area (Å²) in [4.78, 5) is 10.4. The SMILES string of the molecule is CCC(NC)c1cnn(Cc2cccc([N+](=O)[O-])c2)c1. The van der Waals surface area contributed by atoms with Crippen molar-refractivity contribution in [2.45, 2.75) is 25.9 Å². The van der Waals surface area contributed by atoms with Crippen LogP contribution in [0.2, 0.25) is 0 Å².